The van der Waals surface area contributed by atoms with Crippen LogP contribution in [0, 0.1) is 5.82 Å². The maximum atomic E-state index is 12.9. The van der Waals surface area contributed by atoms with E-state index in [0.717, 1.165) is 0 Å². The molecule has 1 atom stereocenters. The summed E-state index contributed by atoms with van der Waals surface area (Å²) in [4.78, 5) is 11.5. The number of aromatic nitrogens is 1. The second-order valence-corrected chi connectivity index (χ2v) is 3.57. The first-order chi connectivity index (χ1) is 7.55. The Bertz CT molecular complexity index is 438. The molecule has 0 aliphatic carbocycles. The van der Waals surface area contributed by atoms with Crippen molar-refractivity contribution in [3.8, 4) is 0 Å². The van der Waals surface area contributed by atoms with Crippen LogP contribution in [0.3, 0.4) is 0 Å². The highest BCUT2D eigenvalue weighted by molar-refractivity contribution is 5.82. The van der Waals surface area contributed by atoms with Crippen LogP contribution >= 0.6 is 0 Å². The van der Waals surface area contributed by atoms with Gasteiger partial charge in [-0.15, -0.1) is 0 Å². The first-order valence-corrected chi connectivity index (χ1v) is 4.92. The Hall–Kier alpha value is -1.69. The maximum Gasteiger partial charge on any atom is 0.388 e. The van der Waals surface area contributed by atoms with E-state index in [9.17, 15) is 14.3 Å². The van der Waals surface area contributed by atoms with Crippen LogP contribution in [0.5, 0.6) is 0 Å². The minimum Gasteiger partial charge on any atom is -0.461 e. The van der Waals surface area contributed by atoms with Gasteiger partial charge in [-0.3, -0.25) is 0 Å². The number of ether oxygens (including phenoxy) is 1. The summed E-state index contributed by atoms with van der Waals surface area (Å²) < 4.78 is 19.1. The van der Waals surface area contributed by atoms with Gasteiger partial charge in [0.15, 0.2) is 12.4 Å². The van der Waals surface area contributed by atoms with Crippen molar-refractivity contribution in [2.24, 2.45) is 0 Å². The van der Waals surface area contributed by atoms with Crippen LogP contribution in [0.25, 0.3) is 0 Å². The molecule has 1 unspecified atom stereocenters. The van der Waals surface area contributed by atoms with Crippen molar-refractivity contribution < 1.29 is 23.6 Å². The van der Waals surface area contributed by atoms with E-state index < -0.39 is 17.5 Å². The Kier molecular flexibility index (Phi) is 2.51. The molecular weight excluding hydrogens is 215 g/mol. The minimum absolute atomic E-state index is 0.0705. The Morgan fingerprint density at radius 1 is 1.75 bits per heavy atom. The molecule has 1 aliphatic heterocycles. The van der Waals surface area contributed by atoms with Crippen LogP contribution < -0.4 is 9.88 Å². The van der Waals surface area contributed by atoms with Gasteiger partial charge in [-0.05, 0) is 13.0 Å². The number of halogens is 1. The molecule has 1 aliphatic rings. The quantitative estimate of drug-likeness (QED) is 0.542. The van der Waals surface area contributed by atoms with Crippen LogP contribution in [0.2, 0.25) is 0 Å². The number of pyridine rings is 1. The second-order valence-electron chi connectivity index (χ2n) is 3.57. The average molecular weight is 227 g/mol. The molecule has 0 aromatic carbocycles. The maximum absolute atomic E-state index is 12.9. The zero-order valence-electron chi connectivity index (χ0n) is 8.74. The molecule has 0 fully saturated rings. The predicted octanol–water partition coefficient (Wildman–Crippen LogP) is -0.210. The fraction of sp³-hybridized carbons (Fsp3) is 0.400. The molecule has 0 saturated carbocycles. The largest absolute Gasteiger partial charge is 0.461 e. The third-order valence-electron chi connectivity index (χ3n) is 2.34. The molecule has 86 valence electrons. The van der Waals surface area contributed by atoms with Crippen molar-refractivity contribution >= 4 is 11.8 Å². The van der Waals surface area contributed by atoms with E-state index >= 15 is 0 Å². The van der Waals surface area contributed by atoms with Crippen LogP contribution in [0.1, 0.15) is 6.92 Å². The SMILES string of the molecule is CCOC(=O)C1(O)C[n+]2cc(F)ccc2N1. The molecule has 1 aromatic rings. The average Bonchev–Trinajstić information content (AvgIpc) is 2.55. The predicted molar refractivity (Wildman–Crippen MR) is 51.8 cm³/mol. The van der Waals surface area contributed by atoms with Crippen molar-refractivity contribution in [3.63, 3.8) is 0 Å². The van der Waals surface area contributed by atoms with E-state index in [4.69, 9.17) is 4.74 Å². The smallest absolute Gasteiger partial charge is 0.388 e. The van der Waals surface area contributed by atoms with Crippen LogP contribution in [-0.2, 0) is 16.1 Å². The van der Waals surface area contributed by atoms with E-state index in [1.54, 1.807) is 6.92 Å². The Labute approximate surface area is 91.5 Å². The van der Waals surface area contributed by atoms with E-state index in [-0.39, 0.29) is 13.2 Å². The number of carbonyl (C=O) groups excluding carboxylic acids is 1. The van der Waals surface area contributed by atoms with Gasteiger partial charge in [-0.2, -0.15) is 0 Å². The van der Waals surface area contributed by atoms with E-state index in [0.29, 0.717) is 5.82 Å². The molecule has 2 heterocycles. The number of anilines is 1. The summed E-state index contributed by atoms with van der Waals surface area (Å²) >= 11 is 0. The lowest BCUT2D eigenvalue weighted by Crippen LogP contribution is -2.49. The van der Waals surface area contributed by atoms with Gasteiger partial charge < -0.3 is 9.84 Å². The molecule has 0 spiro atoms. The number of hydrogen-bond donors (Lipinski definition) is 2. The minimum atomic E-state index is -1.81. The normalized spacial score (nSPS) is 22.4. The summed E-state index contributed by atoms with van der Waals surface area (Å²) in [6.07, 6.45) is 1.21. The summed E-state index contributed by atoms with van der Waals surface area (Å²) in [7, 11) is 0. The molecule has 0 radical (unpaired) electrons. The third kappa shape index (κ3) is 1.71. The number of nitrogens with one attached hydrogen (secondary N) is 1. The summed E-state index contributed by atoms with van der Waals surface area (Å²) in [5, 5.41) is 12.6. The molecule has 0 amide bonds. The highest BCUT2D eigenvalue weighted by Gasteiger charge is 2.50. The highest BCUT2D eigenvalue weighted by Crippen LogP contribution is 2.19. The van der Waals surface area contributed by atoms with Gasteiger partial charge in [-0.1, -0.05) is 0 Å². The van der Waals surface area contributed by atoms with Crippen LogP contribution in [0.15, 0.2) is 18.3 Å². The van der Waals surface area contributed by atoms with E-state index in [1.807, 2.05) is 0 Å². The molecule has 6 heteroatoms. The molecule has 0 bridgehead atoms. The number of fused-ring (bicyclic) bond motifs is 1. The van der Waals surface area contributed by atoms with Crippen LogP contribution in [-0.4, -0.2) is 23.4 Å². The van der Waals surface area contributed by atoms with Crippen molar-refractivity contribution in [3.05, 3.63) is 24.1 Å². The summed E-state index contributed by atoms with van der Waals surface area (Å²) in [5.74, 6) is -0.727. The zero-order chi connectivity index (χ0) is 11.8. The first-order valence-electron chi connectivity index (χ1n) is 4.92. The Morgan fingerprint density at radius 2 is 2.50 bits per heavy atom. The second kappa shape index (κ2) is 3.71. The van der Waals surface area contributed by atoms with Crippen molar-refractivity contribution in [1.29, 1.82) is 0 Å². The van der Waals surface area contributed by atoms with E-state index in [2.05, 4.69) is 5.32 Å². The summed E-state index contributed by atoms with van der Waals surface area (Å²) in [6, 6.07) is 2.70. The van der Waals surface area contributed by atoms with Crippen LogP contribution in [0.4, 0.5) is 10.2 Å². The van der Waals surface area contributed by atoms with Gasteiger partial charge in [0.1, 0.15) is 6.20 Å². The summed E-state index contributed by atoms with van der Waals surface area (Å²) in [6.45, 7) is 1.76. The molecule has 1 aromatic heterocycles. The fourth-order valence-electron chi connectivity index (χ4n) is 1.62. The number of esters is 1. The topological polar surface area (TPSA) is 62.4 Å². The van der Waals surface area contributed by atoms with Gasteiger partial charge >= 0.3 is 11.7 Å². The number of hydrogen-bond acceptors (Lipinski definition) is 4. The lowest BCUT2D eigenvalue weighted by Gasteiger charge is -2.13. The summed E-state index contributed by atoms with van der Waals surface area (Å²) in [5.41, 5.74) is -1.81. The van der Waals surface area contributed by atoms with Gasteiger partial charge in [0.05, 0.1) is 6.61 Å². The molecule has 2 N–H and O–H groups in total. The van der Waals surface area contributed by atoms with E-state index in [1.165, 1.54) is 22.9 Å². The fourth-order valence-corrected chi connectivity index (χ4v) is 1.62. The van der Waals surface area contributed by atoms with Crippen molar-refractivity contribution in [1.82, 2.24) is 0 Å². The Balaban J connectivity index is 2.24. The number of rotatable bonds is 2. The molecular formula is C10H12FN2O3+. The standard InChI is InChI=1S/C10H11FN2O3/c1-2-16-9(14)10(15)6-13-5-7(11)3-4-8(13)12-10/h3-5,15H,2,6H2,1H3/p+1. The highest BCUT2D eigenvalue weighted by atomic mass is 19.1. The third-order valence-corrected chi connectivity index (χ3v) is 2.34. The first kappa shape index (κ1) is 10.8. The molecule has 0 saturated heterocycles. The Morgan fingerprint density at radius 3 is 3.19 bits per heavy atom. The lowest BCUT2D eigenvalue weighted by molar-refractivity contribution is -0.681. The number of aliphatic hydroxyl groups is 1. The number of nitrogens with zero attached hydrogens (tertiary/aromatic N) is 1. The lowest BCUT2D eigenvalue weighted by atomic mass is 10.2. The van der Waals surface area contributed by atoms with Gasteiger partial charge in [0, 0.05) is 6.07 Å². The van der Waals surface area contributed by atoms with Gasteiger partial charge in [0.2, 0.25) is 0 Å². The molecule has 5 nitrogen and oxygen atoms in total. The molecule has 16 heavy (non-hydrogen) atoms. The van der Waals surface area contributed by atoms with Crippen molar-refractivity contribution in [2.75, 3.05) is 11.9 Å². The number of carbonyl (C=O) groups is 1. The van der Waals surface area contributed by atoms with Crippen molar-refractivity contribution in [2.45, 2.75) is 19.2 Å². The van der Waals surface area contributed by atoms with Gasteiger partial charge in [0.25, 0.3) is 5.82 Å². The molecule has 2 rings (SSSR count). The van der Waals surface area contributed by atoms with Gasteiger partial charge in [-0.25, -0.2) is 19.1 Å². The monoisotopic (exact) mass is 227 g/mol. The zero-order valence-corrected chi connectivity index (χ0v) is 8.74.